The lowest BCUT2D eigenvalue weighted by Gasteiger charge is -2.29. The molecule has 20 heavy (non-hydrogen) atoms. The van der Waals surface area contributed by atoms with Gasteiger partial charge in [-0.15, -0.1) is 0 Å². The highest BCUT2D eigenvalue weighted by Crippen LogP contribution is 2.39. The second-order valence-corrected chi connectivity index (χ2v) is 4.53. The van der Waals surface area contributed by atoms with Crippen molar-refractivity contribution in [2.45, 2.75) is 0 Å². The molecule has 2 aliphatic rings. The van der Waals surface area contributed by atoms with Gasteiger partial charge in [0.05, 0.1) is 23.8 Å². The van der Waals surface area contributed by atoms with E-state index in [4.69, 9.17) is 9.47 Å². The molecule has 0 aliphatic carbocycles. The Morgan fingerprint density at radius 1 is 1.30 bits per heavy atom. The minimum absolute atomic E-state index is 0.0450. The molecule has 0 unspecified atom stereocenters. The molecule has 8 heteroatoms. The summed E-state index contributed by atoms with van der Waals surface area (Å²) in [5.41, 5.74) is 0.787. The van der Waals surface area contributed by atoms with E-state index in [9.17, 15) is 14.9 Å². The number of amides is 1. The Labute approximate surface area is 114 Å². The van der Waals surface area contributed by atoms with Crippen LogP contribution in [0.4, 0.5) is 17.1 Å². The van der Waals surface area contributed by atoms with Crippen LogP contribution in [0.5, 0.6) is 5.75 Å². The molecule has 8 nitrogen and oxygen atoms in total. The van der Waals surface area contributed by atoms with E-state index in [0.717, 1.165) is 0 Å². The Morgan fingerprint density at radius 3 is 2.75 bits per heavy atom. The number of nitrogens with zero attached hydrogens (tertiary/aromatic N) is 2. The summed E-state index contributed by atoms with van der Waals surface area (Å²) in [5.74, 6) is 0.141. The van der Waals surface area contributed by atoms with Crippen molar-refractivity contribution in [3.05, 3.63) is 22.2 Å². The molecule has 2 aliphatic heterocycles. The van der Waals surface area contributed by atoms with Gasteiger partial charge in [-0.25, -0.2) is 0 Å². The van der Waals surface area contributed by atoms with Crippen molar-refractivity contribution in [2.75, 3.05) is 43.1 Å². The molecular formula is C12H13N3O5. The number of fused-ring (bicyclic) bond motifs is 1. The molecule has 0 radical (unpaired) electrons. The summed E-state index contributed by atoms with van der Waals surface area (Å²) in [6, 6.07) is 2.95. The number of carbonyl (C=O) groups is 1. The molecule has 2 heterocycles. The quantitative estimate of drug-likeness (QED) is 0.634. The number of nitrogens with one attached hydrogen (secondary N) is 1. The maximum atomic E-state index is 11.3. The summed E-state index contributed by atoms with van der Waals surface area (Å²) in [7, 11) is 0. The van der Waals surface area contributed by atoms with Crippen LogP contribution in [0.1, 0.15) is 0 Å². The highest BCUT2D eigenvalue weighted by molar-refractivity contribution is 5.96. The van der Waals surface area contributed by atoms with Crippen molar-refractivity contribution in [2.24, 2.45) is 0 Å². The van der Waals surface area contributed by atoms with Crippen molar-refractivity contribution in [1.82, 2.24) is 0 Å². The minimum atomic E-state index is -0.453. The number of carbonyl (C=O) groups excluding carboxylic acids is 1. The normalized spacial score (nSPS) is 18.0. The van der Waals surface area contributed by atoms with E-state index < -0.39 is 4.92 Å². The summed E-state index contributed by atoms with van der Waals surface area (Å²) in [4.78, 5) is 23.9. The van der Waals surface area contributed by atoms with Crippen LogP contribution in [-0.2, 0) is 9.53 Å². The summed E-state index contributed by atoms with van der Waals surface area (Å²) < 4.78 is 10.6. The Balaban J connectivity index is 2.03. The maximum Gasteiger partial charge on any atom is 0.294 e. The van der Waals surface area contributed by atoms with E-state index in [0.29, 0.717) is 43.4 Å². The monoisotopic (exact) mass is 279 g/mol. The van der Waals surface area contributed by atoms with Crippen LogP contribution in [0.15, 0.2) is 12.1 Å². The Morgan fingerprint density at radius 2 is 2.05 bits per heavy atom. The molecule has 0 bridgehead atoms. The molecule has 1 aromatic rings. The van der Waals surface area contributed by atoms with Gasteiger partial charge >= 0.3 is 0 Å². The van der Waals surface area contributed by atoms with Gasteiger partial charge in [0.1, 0.15) is 11.4 Å². The van der Waals surface area contributed by atoms with Gasteiger partial charge in [-0.05, 0) is 0 Å². The van der Waals surface area contributed by atoms with Crippen molar-refractivity contribution < 1.29 is 19.2 Å². The number of anilines is 2. The lowest BCUT2D eigenvalue weighted by atomic mass is 10.1. The zero-order valence-electron chi connectivity index (χ0n) is 10.6. The molecule has 1 fully saturated rings. The van der Waals surface area contributed by atoms with Crippen LogP contribution in [-0.4, -0.2) is 43.7 Å². The average molecular weight is 279 g/mol. The van der Waals surface area contributed by atoms with E-state index in [1.54, 1.807) is 6.07 Å². The maximum absolute atomic E-state index is 11.3. The van der Waals surface area contributed by atoms with Gasteiger partial charge in [-0.3, -0.25) is 14.9 Å². The van der Waals surface area contributed by atoms with Gasteiger partial charge in [-0.2, -0.15) is 0 Å². The second-order valence-electron chi connectivity index (χ2n) is 4.53. The molecular weight excluding hydrogens is 266 g/mol. The Bertz CT molecular complexity index is 568. The molecule has 0 saturated carbocycles. The molecule has 106 valence electrons. The van der Waals surface area contributed by atoms with E-state index >= 15 is 0 Å². The van der Waals surface area contributed by atoms with Crippen molar-refractivity contribution in [3.63, 3.8) is 0 Å². The fourth-order valence-corrected chi connectivity index (χ4v) is 2.31. The largest absolute Gasteiger partial charge is 0.481 e. The topological polar surface area (TPSA) is 93.9 Å². The lowest BCUT2D eigenvalue weighted by Crippen LogP contribution is -2.36. The number of ether oxygens (including phenoxy) is 2. The fraction of sp³-hybridized carbons (Fsp3) is 0.417. The second kappa shape index (κ2) is 4.97. The van der Waals surface area contributed by atoms with Gasteiger partial charge in [0.15, 0.2) is 6.61 Å². The predicted molar refractivity (Wildman–Crippen MR) is 70.3 cm³/mol. The standard InChI is InChI=1S/C12H13N3O5/c16-12-7-20-11-6-9(14-1-3-19-4-2-14)10(15(17)18)5-8(11)13-12/h5-6H,1-4,7H2,(H,13,16). The fourth-order valence-electron chi connectivity index (χ4n) is 2.31. The highest BCUT2D eigenvalue weighted by atomic mass is 16.6. The third kappa shape index (κ3) is 2.25. The number of rotatable bonds is 2. The van der Waals surface area contributed by atoms with Gasteiger partial charge in [-0.1, -0.05) is 0 Å². The predicted octanol–water partition coefficient (Wildman–Crippen LogP) is 0.762. The summed E-state index contributed by atoms with van der Waals surface area (Å²) >= 11 is 0. The van der Waals surface area contributed by atoms with Crippen LogP contribution in [0.25, 0.3) is 0 Å². The van der Waals surface area contributed by atoms with E-state index in [1.807, 2.05) is 4.90 Å². The number of hydrogen-bond donors (Lipinski definition) is 1. The minimum Gasteiger partial charge on any atom is -0.481 e. The molecule has 0 aromatic heterocycles. The summed E-state index contributed by atoms with van der Waals surface area (Å²) in [6.45, 7) is 2.17. The summed E-state index contributed by atoms with van der Waals surface area (Å²) in [6.07, 6.45) is 0. The van der Waals surface area contributed by atoms with Gasteiger partial charge in [0.2, 0.25) is 0 Å². The molecule has 1 saturated heterocycles. The highest BCUT2D eigenvalue weighted by Gasteiger charge is 2.27. The SMILES string of the molecule is O=C1COc2cc(N3CCOCC3)c([N+](=O)[O-])cc2N1. The van der Waals surface area contributed by atoms with E-state index in [1.165, 1.54) is 6.07 Å². The third-order valence-electron chi connectivity index (χ3n) is 3.26. The Hall–Kier alpha value is -2.35. The lowest BCUT2D eigenvalue weighted by molar-refractivity contribution is -0.384. The third-order valence-corrected chi connectivity index (χ3v) is 3.26. The van der Waals surface area contributed by atoms with Crippen molar-refractivity contribution >= 4 is 23.0 Å². The number of benzene rings is 1. The first-order valence-corrected chi connectivity index (χ1v) is 6.23. The smallest absolute Gasteiger partial charge is 0.294 e. The van der Waals surface area contributed by atoms with Crippen molar-refractivity contribution in [3.8, 4) is 5.75 Å². The molecule has 0 atom stereocenters. The molecule has 1 aromatic carbocycles. The number of hydrogen-bond acceptors (Lipinski definition) is 6. The molecule has 0 spiro atoms. The zero-order chi connectivity index (χ0) is 14.1. The molecule has 1 amide bonds. The van der Waals surface area contributed by atoms with Crippen LogP contribution in [0.3, 0.4) is 0 Å². The number of morpholine rings is 1. The van der Waals surface area contributed by atoms with Gasteiger partial charge in [0, 0.05) is 25.2 Å². The average Bonchev–Trinajstić information content (AvgIpc) is 2.46. The zero-order valence-corrected chi connectivity index (χ0v) is 10.6. The molecule has 3 rings (SSSR count). The first-order chi connectivity index (χ1) is 9.65. The Kier molecular flexibility index (Phi) is 3.15. The van der Waals surface area contributed by atoms with Gasteiger partial charge < -0.3 is 19.7 Å². The van der Waals surface area contributed by atoms with E-state index in [2.05, 4.69) is 5.32 Å². The van der Waals surface area contributed by atoms with Crippen LogP contribution in [0, 0.1) is 10.1 Å². The van der Waals surface area contributed by atoms with E-state index in [-0.39, 0.29) is 18.2 Å². The number of nitro benzene ring substituents is 1. The van der Waals surface area contributed by atoms with Gasteiger partial charge in [0.25, 0.3) is 11.6 Å². The first-order valence-electron chi connectivity index (χ1n) is 6.23. The molecule has 1 N–H and O–H groups in total. The van der Waals surface area contributed by atoms with Crippen molar-refractivity contribution in [1.29, 1.82) is 0 Å². The van der Waals surface area contributed by atoms with Crippen LogP contribution >= 0.6 is 0 Å². The number of nitro groups is 1. The van der Waals surface area contributed by atoms with Crippen LogP contribution in [0.2, 0.25) is 0 Å². The first kappa shape index (κ1) is 12.7. The van der Waals surface area contributed by atoms with Crippen LogP contribution < -0.4 is 15.0 Å². The summed E-state index contributed by atoms with van der Waals surface area (Å²) in [5, 5.41) is 13.8.